The van der Waals surface area contributed by atoms with Crippen LogP contribution in [-0.4, -0.2) is 36.2 Å². The number of esters is 1. The van der Waals surface area contributed by atoms with Crippen molar-refractivity contribution in [2.24, 2.45) is 0 Å². The van der Waals surface area contributed by atoms with E-state index in [0.29, 0.717) is 12.8 Å². The molecule has 3 N–H and O–H groups in total. The van der Waals surface area contributed by atoms with E-state index in [1.807, 2.05) is 109 Å². The van der Waals surface area contributed by atoms with Gasteiger partial charge in [-0.15, -0.1) is 0 Å². The van der Waals surface area contributed by atoms with Crippen LogP contribution in [0.15, 0.2) is 118 Å². The third-order valence-electron chi connectivity index (χ3n) is 5.68. The zero-order valence-corrected chi connectivity index (χ0v) is 24.6. The molecule has 0 aromatic heterocycles. The molecule has 0 saturated carbocycles. The molecule has 202 valence electrons. The summed E-state index contributed by atoms with van der Waals surface area (Å²) in [6.07, 6.45) is 1.03. The number of nitrogens with one attached hydrogen (secondary N) is 2. The van der Waals surface area contributed by atoms with E-state index in [1.54, 1.807) is 0 Å². The molecule has 2 unspecified atom stereocenters. The molecule has 0 spiro atoms. The van der Waals surface area contributed by atoms with Crippen molar-refractivity contribution < 1.29 is 19.4 Å². The maximum atomic E-state index is 11.9. The molecule has 0 radical (unpaired) electrons. The van der Waals surface area contributed by atoms with E-state index in [9.17, 15) is 14.7 Å². The second-order valence-electron chi connectivity index (χ2n) is 8.66. The molecule has 6 nitrogen and oxygen atoms in total. The van der Waals surface area contributed by atoms with E-state index < -0.39 is 18.1 Å². The molecule has 2 atom stereocenters. The summed E-state index contributed by atoms with van der Waals surface area (Å²) in [7, 11) is 1.41. The first-order valence-corrected chi connectivity index (χ1v) is 13.9. The molecule has 0 aliphatic carbocycles. The van der Waals surface area contributed by atoms with Crippen LogP contribution in [0.3, 0.4) is 0 Å². The van der Waals surface area contributed by atoms with Crippen LogP contribution < -0.4 is 10.6 Å². The van der Waals surface area contributed by atoms with Crippen molar-refractivity contribution in [1.29, 1.82) is 0 Å². The number of aliphatic carboxylic acids is 1. The highest BCUT2D eigenvalue weighted by Gasteiger charge is 2.20. The number of carbonyl (C=O) groups is 2. The molecule has 0 amide bonds. The fraction of sp³-hybridized carbons (Fsp3) is 0.161. The number of hydrogen-bond donors (Lipinski definition) is 3. The molecule has 0 aliphatic rings. The molecule has 0 saturated heterocycles. The number of rotatable bonds is 10. The Kier molecular flexibility index (Phi) is 12.1. The summed E-state index contributed by atoms with van der Waals surface area (Å²) in [5, 5.41) is 15.5. The number of carboxylic acids is 1. The summed E-state index contributed by atoms with van der Waals surface area (Å²) in [6, 6.07) is 33.6. The van der Waals surface area contributed by atoms with E-state index >= 15 is 0 Å². The van der Waals surface area contributed by atoms with Crippen molar-refractivity contribution in [3.05, 3.63) is 129 Å². The molecular formula is C31H30Br2N2O4. The summed E-state index contributed by atoms with van der Waals surface area (Å²) < 4.78 is 6.76. The summed E-state index contributed by atoms with van der Waals surface area (Å²) in [6.45, 7) is 0. The highest BCUT2D eigenvalue weighted by molar-refractivity contribution is 9.10. The Labute approximate surface area is 245 Å². The van der Waals surface area contributed by atoms with Crippen LogP contribution in [0.1, 0.15) is 11.1 Å². The number of carboxylic acid groups (broad SMARTS) is 1. The van der Waals surface area contributed by atoms with Gasteiger partial charge in [0.05, 0.1) is 7.11 Å². The molecule has 4 aromatic carbocycles. The maximum Gasteiger partial charge on any atom is 0.328 e. The first-order valence-electron chi connectivity index (χ1n) is 12.3. The van der Waals surface area contributed by atoms with Gasteiger partial charge in [-0.3, -0.25) is 0 Å². The molecule has 0 aliphatic heterocycles. The van der Waals surface area contributed by atoms with E-state index in [2.05, 4.69) is 42.5 Å². The van der Waals surface area contributed by atoms with Crippen molar-refractivity contribution in [2.45, 2.75) is 24.9 Å². The Morgan fingerprint density at radius 1 is 0.692 bits per heavy atom. The SMILES string of the molecule is COC(=O)C(Cc1ccccc1)Nc1cccc(Br)c1.O=C(O)C(Cc1ccccc1)Nc1cccc(Br)c1. The molecular weight excluding hydrogens is 624 g/mol. The quantitative estimate of drug-likeness (QED) is 0.157. The second-order valence-corrected chi connectivity index (χ2v) is 10.5. The number of hydrogen-bond acceptors (Lipinski definition) is 5. The molecule has 0 heterocycles. The Morgan fingerprint density at radius 2 is 1.13 bits per heavy atom. The largest absolute Gasteiger partial charge is 0.480 e. The number of anilines is 2. The third-order valence-corrected chi connectivity index (χ3v) is 6.67. The molecule has 0 fully saturated rings. The Balaban J connectivity index is 0.000000216. The zero-order valence-electron chi connectivity index (χ0n) is 21.4. The Hall–Kier alpha value is -3.62. The Bertz CT molecular complexity index is 1340. The van der Waals surface area contributed by atoms with Gasteiger partial charge in [-0.05, 0) is 47.5 Å². The van der Waals surface area contributed by atoms with Crippen molar-refractivity contribution in [2.75, 3.05) is 17.7 Å². The summed E-state index contributed by atoms with van der Waals surface area (Å²) in [5.74, 6) is -1.13. The van der Waals surface area contributed by atoms with Gasteiger partial charge in [-0.1, -0.05) is 105 Å². The molecule has 39 heavy (non-hydrogen) atoms. The lowest BCUT2D eigenvalue weighted by Gasteiger charge is -2.18. The van der Waals surface area contributed by atoms with Crippen LogP contribution in [0.4, 0.5) is 11.4 Å². The van der Waals surface area contributed by atoms with Gasteiger partial charge in [-0.2, -0.15) is 0 Å². The fourth-order valence-electron chi connectivity index (χ4n) is 3.79. The summed E-state index contributed by atoms with van der Waals surface area (Å²) in [5.41, 5.74) is 3.76. The second kappa shape index (κ2) is 15.7. The van der Waals surface area contributed by atoms with Crippen LogP contribution in [0.2, 0.25) is 0 Å². The molecule has 0 bridgehead atoms. The topological polar surface area (TPSA) is 87.7 Å². The van der Waals surface area contributed by atoms with Gasteiger partial charge in [0.1, 0.15) is 12.1 Å². The van der Waals surface area contributed by atoms with Crippen molar-refractivity contribution in [3.8, 4) is 0 Å². The predicted octanol–water partition coefficient (Wildman–Crippen LogP) is 7.20. The normalized spacial score (nSPS) is 11.8. The molecule has 8 heteroatoms. The predicted molar refractivity (Wildman–Crippen MR) is 163 cm³/mol. The van der Waals surface area contributed by atoms with Gasteiger partial charge < -0.3 is 20.5 Å². The average molecular weight is 654 g/mol. The van der Waals surface area contributed by atoms with E-state index in [4.69, 9.17) is 4.74 Å². The lowest BCUT2D eigenvalue weighted by molar-refractivity contribution is -0.141. The van der Waals surface area contributed by atoms with Gasteiger partial charge in [-0.25, -0.2) is 9.59 Å². The lowest BCUT2D eigenvalue weighted by atomic mass is 10.1. The van der Waals surface area contributed by atoms with Gasteiger partial charge in [0.2, 0.25) is 0 Å². The molecule has 4 rings (SSSR count). The monoisotopic (exact) mass is 652 g/mol. The maximum absolute atomic E-state index is 11.9. The fourth-order valence-corrected chi connectivity index (χ4v) is 4.59. The van der Waals surface area contributed by atoms with E-state index in [1.165, 1.54) is 7.11 Å². The first kappa shape index (κ1) is 29.9. The van der Waals surface area contributed by atoms with E-state index in [-0.39, 0.29) is 5.97 Å². The highest BCUT2D eigenvalue weighted by Crippen LogP contribution is 2.19. The number of halogens is 2. The highest BCUT2D eigenvalue weighted by atomic mass is 79.9. The number of ether oxygens (including phenoxy) is 1. The van der Waals surface area contributed by atoms with Crippen LogP contribution in [0.5, 0.6) is 0 Å². The third kappa shape index (κ3) is 10.6. The van der Waals surface area contributed by atoms with Gasteiger partial charge in [0.25, 0.3) is 0 Å². The minimum absolute atomic E-state index is 0.270. The van der Waals surface area contributed by atoms with Crippen LogP contribution in [0, 0.1) is 0 Å². The van der Waals surface area contributed by atoms with Crippen LogP contribution in [0.25, 0.3) is 0 Å². The number of carbonyl (C=O) groups excluding carboxylic acids is 1. The zero-order chi connectivity index (χ0) is 28.0. The first-order chi connectivity index (χ1) is 18.8. The van der Waals surface area contributed by atoms with Crippen molar-refractivity contribution in [3.63, 3.8) is 0 Å². The average Bonchev–Trinajstić information content (AvgIpc) is 2.93. The standard InChI is InChI=1S/C16H16BrNO2.C15H14BrNO2/c1-20-16(19)15(10-12-6-3-2-4-7-12)18-14-9-5-8-13(17)11-14;16-12-7-4-8-13(10-12)17-14(15(18)19)9-11-5-2-1-3-6-11/h2-9,11,15,18H,10H2,1H3;1-8,10,14,17H,9H2,(H,18,19). The number of benzene rings is 4. The lowest BCUT2D eigenvalue weighted by Crippen LogP contribution is -2.32. The van der Waals surface area contributed by atoms with E-state index in [0.717, 1.165) is 31.4 Å². The van der Waals surface area contributed by atoms with Crippen molar-refractivity contribution >= 4 is 55.2 Å². The van der Waals surface area contributed by atoms with Gasteiger partial charge in [0, 0.05) is 33.2 Å². The smallest absolute Gasteiger partial charge is 0.328 e. The van der Waals surface area contributed by atoms with Crippen molar-refractivity contribution in [1.82, 2.24) is 0 Å². The Morgan fingerprint density at radius 3 is 1.54 bits per heavy atom. The minimum Gasteiger partial charge on any atom is -0.480 e. The van der Waals surface area contributed by atoms with Gasteiger partial charge >= 0.3 is 11.9 Å². The minimum atomic E-state index is -0.858. The summed E-state index contributed by atoms with van der Waals surface area (Å²) >= 11 is 6.79. The van der Waals surface area contributed by atoms with Crippen LogP contribution in [-0.2, 0) is 27.2 Å². The molecule has 4 aromatic rings. The van der Waals surface area contributed by atoms with Crippen LogP contribution >= 0.6 is 31.9 Å². The summed E-state index contributed by atoms with van der Waals surface area (Å²) in [4.78, 5) is 23.2. The number of methoxy groups -OCH3 is 1. The van der Waals surface area contributed by atoms with Gasteiger partial charge in [0.15, 0.2) is 0 Å².